The Morgan fingerprint density at radius 2 is 1.85 bits per heavy atom. The number of nitrogens with one attached hydrogen (secondary N) is 3. The van der Waals surface area contributed by atoms with Crippen molar-refractivity contribution in [3.63, 3.8) is 0 Å². The van der Waals surface area contributed by atoms with Gasteiger partial charge in [0.1, 0.15) is 12.6 Å². The van der Waals surface area contributed by atoms with Crippen LogP contribution in [0.2, 0.25) is 0 Å². The minimum atomic E-state index is -1.16. The normalized spacial score (nSPS) is 14.7. The largest absolute Gasteiger partial charge is 0.451 e. The van der Waals surface area contributed by atoms with Crippen LogP contribution >= 0.6 is 0 Å². The van der Waals surface area contributed by atoms with E-state index in [9.17, 15) is 19.2 Å². The van der Waals surface area contributed by atoms with Crippen LogP contribution in [-0.4, -0.2) is 47.4 Å². The number of amides is 3. The fourth-order valence-electron chi connectivity index (χ4n) is 3.92. The van der Waals surface area contributed by atoms with Crippen LogP contribution in [0.4, 0.5) is 11.4 Å². The van der Waals surface area contributed by atoms with Crippen LogP contribution in [0, 0.1) is 0 Å². The van der Waals surface area contributed by atoms with Crippen molar-refractivity contribution in [2.24, 2.45) is 0 Å². The lowest BCUT2D eigenvalue weighted by molar-refractivity contribution is -0.156. The molecule has 9 nitrogen and oxygen atoms in total. The number of para-hydroxylation sites is 3. The van der Waals surface area contributed by atoms with Gasteiger partial charge >= 0.3 is 5.97 Å². The molecule has 0 radical (unpaired) electrons. The Hall–Kier alpha value is -4.14. The van der Waals surface area contributed by atoms with Gasteiger partial charge in [-0.25, -0.2) is 4.79 Å². The molecule has 0 saturated heterocycles. The molecule has 33 heavy (non-hydrogen) atoms. The molecule has 0 aliphatic carbocycles. The van der Waals surface area contributed by atoms with E-state index in [0.29, 0.717) is 11.4 Å². The summed E-state index contributed by atoms with van der Waals surface area (Å²) in [5.41, 5.74) is 2.79. The van der Waals surface area contributed by atoms with Crippen LogP contribution in [0.15, 0.2) is 54.7 Å². The lowest BCUT2D eigenvalue weighted by Gasteiger charge is -2.31. The second-order valence-corrected chi connectivity index (χ2v) is 7.89. The summed E-state index contributed by atoms with van der Waals surface area (Å²) in [6.07, 6.45) is 0.818. The number of esters is 1. The third-order valence-corrected chi connectivity index (χ3v) is 5.44. The second-order valence-electron chi connectivity index (χ2n) is 7.89. The molecular formula is C24H24N4O5. The summed E-state index contributed by atoms with van der Waals surface area (Å²) in [4.78, 5) is 54.2. The van der Waals surface area contributed by atoms with Crippen LogP contribution in [-0.2, 0) is 30.3 Å². The molecule has 3 N–H and O–H groups in total. The quantitative estimate of drug-likeness (QED) is 0.499. The first-order valence-electron chi connectivity index (χ1n) is 10.6. The Kier molecular flexibility index (Phi) is 6.12. The number of anilines is 2. The van der Waals surface area contributed by atoms with Gasteiger partial charge in [-0.3, -0.25) is 19.3 Å². The lowest BCUT2D eigenvalue weighted by atomic mass is 10.0. The third-order valence-electron chi connectivity index (χ3n) is 5.44. The Bertz CT molecular complexity index is 1230. The van der Waals surface area contributed by atoms with Crippen molar-refractivity contribution >= 4 is 46.0 Å². The number of benzene rings is 2. The molecule has 2 unspecified atom stereocenters. The standard InChI is InChI=1S/C24H24N4O5/c1-14(23(31)28-13-22(30)27-19-9-5-6-10-21(19)28)33-24(32)20(26-15(2)29)11-16-12-25-18-8-4-3-7-17(16)18/h3-10,12,14,20,25H,11,13H2,1-2H3,(H,26,29)(H,27,30). The summed E-state index contributed by atoms with van der Waals surface area (Å²) < 4.78 is 5.45. The number of aromatic nitrogens is 1. The first-order chi connectivity index (χ1) is 15.8. The van der Waals surface area contributed by atoms with Gasteiger partial charge < -0.3 is 20.4 Å². The molecule has 3 amide bonds. The number of hydrogen-bond donors (Lipinski definition) is 3. The van der Waals surface area contributed by atoms with Gasteiger partial charge in [-0.1, -0.05) is 30.3 Å². The topological polar surface area (TPSA) is 121 Å². The summed E-state index contributed by atoms with van der Waals surface area (Å²) in [6.45, 7) is 2.58. The van der Waals surface area contributed by atoms with Gasteiger partial charge in [0.05, 0.1) is 11.4 Å². The van der Waals surface area contributed by atoms with E-state index in [1.54, 1.807) is 30.5 Å². The zero-order valence-electron chi connectivity index (χ0n) is 18.3. The van der Waals surface area contributed by atoms with Gasteiger partial charge in [0, 0.05) is 30.4 Å². The average molecular weight is 448 g/mol. The van der Waals surface area contributed by atoms with E-state index in [2.05, 4.69) is 15.6 Å². The number of fused-ring (bicyclic) bond motifs is 2. The highest BCUT2D eigenvalue weighted by Crippen LogP contribution is 2.29. The summed E-state index contributed by atoms with van der Waals surface area (Å²) in [7, 11) is 0. The molecule has 1 aliphatic heterocycles. The molecular weight excluding hydrogens is 424 g/mol. The van der Waals surface area contributed by atoms with Gasteiger partial charge in [0.15, 0.2) is 6.10 Å². The van der Waals surface area contributed by atoms with E-state index < -0.39 is 29.9 Å². The average Bonchev–Trinajstić information content (AvgIpc) is 3.20. The molecule has 0 fully saturated rings. The number of carbonyl (C=O) groups is 4. The SMILES string of the molecule is CC(=O)NC(Cc1c[nH]c2ccccc12)C(=O)OC(C)C(=O)N1CC(=O)Nc2ccccc21. The van der Waals surface area contributed by atoms with Gasteiger partial charge in [-0.2, -0.15) is 0 Å². The third kappa shape index (κ3) is 4.72. The monoisotopic (exact) mass is 448 g/mol. The second kappa shape index (κ2) is 9.15. The number of hydrogen-bond acceptors (Lipinski definition) is 5. The van der Waals surface area contributed by atoms with E-state index in [-0.39, 0.29) is 18.9 Å². The van der Waals surface area contributed by atoms with Crippen LogP contribution in [0.3, 0.4) is 0 Å². The number of H-pyrrole nitrogens is 1. The Morgan fingerprint density at radius 1 is 1.12 bits per heavy atom. The van der Waals surface area contributed by atoms with E-state index >= 15 is 0 Å². The number of aromatic amines is 1. The van der Waals surface area contributed by atoms with Gasteiger partial charge in [0.2, 0.25) is 11.8 Å². The molecule has 0 bridgehead atoms. The highest BCUT2D eigenvalue weighted by Gasteiger charge is 2.33. The zero-order valence-corrected chi connectivity index (χ0v) is 18.3. The molecule has 170 valence electrons. The summed E-state index contributed by atoms with van der Waals surface area (Å²) >= 11 is 0. The van der Waals surface area contributed by atoms with Crippen LogP contribution in [0.5, 0.6) is 0 Å². The maximum absolute atomic E-state index is 13.1. The predicted octanol–water partition coefficient (Wildman–Crippen LogP) is 2.13. The maximum atomic E-state index is 13.1. The van der Waals surface area contributed by atoms with Crippen LogP contribution in [0.25, 0.3) is 10.9 Å². The smallest absolute Gasteiger partial charge is 0.329 e. The molecule has 0 spiro atoms. The predicted molar refractivity (Wildman–Crippen MR) is 123 cm³/mol. The van der Waals surface area contributed by atoms with Crippen molar-refractivity contribution in [3.8, 4) is 0 Å². The van der Waals surface area contributed by atoms with Crippen molar-refractivity contribution in [2.75, 3.05) is 16.8 Å². The minimum absolute atomic E-state index is 0.178. The summed E-state index contributed by atoms with van der Waals surface area (Å²) in [6, 6.07) is 13.5. The molecule has 1 aromatic heterocycles. The summed E-state index contributed by atoms with van der Waals surface area (Å²) in [5.74, 6) is -1.99. The molecule has 2 aromatic carbocycles. The number of carbonyl (C=O) groups excluding carboxylic acids is 4. The fraction of sp³-hybridized carbons (Fsp3) is 0.250. The molecule has 0 saturated carbocycles. The van der Waals surface area contributed by atoms with Crippen molar-refractivity contribution < 1.29 is 23.9 Å². The van der Waals surface area contributed by atoms with E-state index in [0.717, 1.165) is 16.5 Å². The van der Waals surface area contributed by atoms with E-state index in [1.165, 1.54) is 18.7 Å². The van der Waals surface area contributed by atoms with Gasteiger partial charge in [-0.15, -0.1) is 0 Å². The van der Waals surface area contributed by atoms with Crippen molar-refractivity contribution in [1.82, 2.24) is 10.3 Å². The highest BCUT2D eigenvalue weighted by atomic mass is 16.5. The Balaban J connectivity index is 1.50. The van der Waals surface area contributed by atoms with Crippen molar-refractivity contribution in [3.05, 3.63) is 60.3 Å². The number of rotatable bonds is 6. The highest BCUT2D eigenvalue weighted by molar-refractivity contribution is 6.11. The van der Waals surface area contributed by atoms with Crippen LogP contribution < -0.4 is 15.5 Å². The van der Waals surface area contributed by atoms with Crippen molar-refractivity contribution in [2.45, 2.75) is 32.4 Å². The molecule has 4 rings (SSSR count). The Morgan fingerprint density at radius 3 is 2.64 bits per heavy atom. The minimum Gasteiger partial charge on any atom is -0.451 e. The molecule has 1 aliphatic rings. The maximum Gasteiger partial charge on any atom is 0.329 e. The Labute approximate surface area is 190 Å². The van der Waals surface area contributed by atoms with Gasteiger partial charge in [-0.05, 0) is 30.7 Å². The molecule has 2 heterocycles. The van der Waals surface area contributed by atoms with Crippen molar-refractivity contribution in [1.29, 1.82) is 0 Å². The first kappa shape index (κ1) is 22.1. The molecule has 9 heteroatoms. The molecule has 3 aromatic rings. The van der Waals surface area contributed by atoms with Gasteiger partial charge in [0.25, 0.3) is 5.91 Å². The number of ether oxygens (including phenoxy) is 1. The zero-order chi connectivity index (χ0) is 23.5. The van der Waals surface area contributed by atoms with E-state index in [1.807, 2.05) is 24.3 Å². The van der Waals surface area contributed by atoms with E-state index in [4.69, 9.17) is 4.74 Å². The summed E-state index contributed by atoms with van der Waals surface area (Å²) in [5, 5.41) is 6.26. The van der Waals surface area contributed by atoms with Crippen LogP contribution in [0.1, 0.15) is 19.4 Å². The lowest BCUT2D eigenvalue weighted by Crippen LogP contribution is -2.49. The fourth-order valence-corrected chi connectivity index (χ4v) is 3.92. The number of nitrogens with zero attached hydrogens (tertiary/aromatic N) is 1. The first-order valence-corrected chi connectivity index (χ1v) is 10.6. The molecule has 2 atom stereocenters.